The maximum Gasteiger partial charge on any atom is 0.407 e. The van der Waals surface area contributed by atoms with Gasteiger partial charge in [-0.05, 0) is 41.5 Å². The van der Waals surface area contributed by atoms with Crippen molar-refractivity contribution in [3.05, 3.63) is 59.7 Å². The second-order valence-electron chi connectivity index (χ2n) is 9.05. The molecule has 2 amide bonds. The lowest BCUT2D eigenvalue weighted by Gasteiger charge is -2.35. The molecule has 2 unspecified atom stereocenters. The summed E-state index contributed by atoms with van der Waals surface area (Å²) in [6, 6.07) is 16.2. The summed E-state index contributed by atoms with van der Waals surface area (Å²) in [4.78, 5) is 38.8. The van der Waals surface area contributed by atoms with Gasteiger partial charge in [-0.2, -0.15) is 0 Å². The molecule has 2 aliphatic rings. The number of amides is 2. The number of nitrogens with one attached hydrogen (secondary N) is 1. The molecular weight excluding hydrogens is 448 g/mol. The van der Waals surface area contributed by atoms with E-state index in [1.54, 1.807) is 6.92 Å². The summed E-state index contributed by atoms with van der Waals surface area (Å²) in [5.74, 6) is -1.38. The van der Waals surface area contributed by atoms with Crippen LogP contribution in [0.5, 0.6) is 0 Å². The predicted octanol–water partition coefficient (Wildman–Crippen LogP) is 3.79. The summed E-state index contributed by atoms with van der Waals surface area (Å²) in [6.45, 7) is 2.54. The van der Waals surface area contributed by atoms with Crippen molar-refractivity contribution in [2.45, 2.75) is 50.2 Å². The quantitative estimate of drug-likeness (QED) is 0.566. The van der Waals surface area contributed by atoms with Gasteiger partial charge < -0.3 is 24.8 Å². The number of alkyl carbamates (subject to hydrolysis) is 1. The summed E-state index contributed by atoms with van der Waals surface area (Å²) in [5.41, 5.74) is 3.40. The van der Waals surface area contributed by atoms with Crippen molar-refractivity contribution in [1.82, 2.24) is 10.2 Å². The van der Waals surface area contributed by atoms with Crippen LogP contribution in [-0.4, -0.2) is 66.4 Å². The standard InChI is InChI=1S/C27H32N2O6/c1-3-27(25(31)32)14-8-16-29(27)24(30)23(34-2)13-15-28-26(33)35-17-22-20-11-6-4-9-18(20)19-10-5-7-12-21(19)22/h4-7,9-12,22-23H,3,8,13-17H2,1-2H3,(H,28,33)(H,31,32). The second kappa shape index (κ2) is 10.5. The summed E-state index contributed by atoms with van der Waals surface area (Å²) >= 11 is 0. The van der Waals surface area contributed by atoms with Crippen molar-refractivity contribution in [2.75, 3.05) is 26.8 Å². The van der Waals surface area contributed by atoms with Crippen molar-refractivity contribution in [3.63, 3.8) is 0 Å². The van der Waals surface area contributed by atoms with Crippen LogP contribution in [0.25, 0.3) is 11.1 Å². The molecule has 8 nitrogen and oxygen atoms in total. The molecule has 1 heterocycles. The number of likely N-dealkylation sites (tertiary alicyclic amines) is 1. The maximum atomic E-state index is 13.1. The van der Waals surface area contributed by atoms with E-state index in [-0.39, 0.29) is 31.4 Å². The number of hydrogen-bond donors (Lipinski definition) is 2. The Labute approximate surface area is 205 Å². The third-order valence-corrected chi connectivity index (χ3v) is 7.32. The lowest BCUT2D eigenvalue weighted by molar-refractivity contribution is -0.161. The fraction of sp³-hybridized carbons (Fsp3) is 0.444. The number of aliphatic carboxylic acids is 1. The van der Waals surface area contributed by atoms with Gasteiger partial charge in [0, 0.05) is 32.5 Å². The molecule has 0 saturated carbocycles. The molecular formula is C27H32N2O6. The van der Waals surface area contributed by atoms with Crippen LogP contribution in [0.2, 0.25) is 0 Å². The number of carbonyl (C=O) groups is 3. The summed E-state index contributed by atoms with van der Waals surface area (Å²) in [6.07, 6.45) is 0.216. The highest BCUT2D eigenvalue weighted by atomic mass is 16.5. The molecule has 186 valence electrons. The minimum atomic E-state index is -1.19. The highest BCUT2D eigenvalue weighted by Gasteiger charge is 2.49. The monoisotopic (exact) mass is 480 g/mol. The number of ether oxygens (including phenoxy) is 2. The normalized spacial score (nSPS) is 19.7. The molecule has 0 aromatic heterocycles. The molecule has 1 fully saturated rings. The Morgan fingerprint density at radius 3 is 2.31 bits per heavy atom. The summed E-state index contributed by atoms with van der Waals surface area (Å²) < 4.78 is 10.9. The molecule has 0 bridgehead atoms. The largest absolute Gasteiger partial charge is 0.479 e. The zero-order valence-electron chi connectivity index (χ0n) is 20.2. The first-order valence-corrected chi connectivity index (χ1v) is 12.1. The van der Waals surface area contributed by atoms with E-state index >= 15 is 0 Å². The number of carbonyl (C=O) groups excluding carboxylic acids is 2. The molecule has 2 aromatic carbocycles. The van der Waals surface area contributed by atoms with E-state index in [1.165, 1.54) is 12.0 Å². The number of methoxy groups -OCH3 is 1. The Bertz CT molecular complexity index is 1060. The number of carboxylic acid groups (broad SMARTS) is 1. The fourth-order valence-corrected chi connectivity index (χ4v) is 5.41. The van der Waals surface area contributed by atoms with Crippen LogP contribution in [0.15, 0.2) is 48.5 Å². The number of hydrogen-bond acceptors (Lipinski definition) is 5. The smallest absolute Gasteiger partial charge is 0.407 e. The topological polar surface area (TPSA) is 105 Å². The van der Waals surface area contributed by atoms with Gasteiger partial charge in [-0.15, -0.1) is 0 Å². The van der Waals surface area contributed by atoms with Gasteiger partial charge in [-0.3, -0.25) is 4.79 Å². The molecule has 35 heavy (non-hydrogen) atoms. The molecule has 2 N–H and O–H groups in total. The van der Waals surface area contributed by atoms with E-state index in [4.69, 9.17) is 9.47 Å². The molecule has 1 aliphatic carbocycles. The Kier molecular flexibility index (Phi) is 7.40. The van der Waals surface area contributed by atoms with E-state index in [2.05, 4.69) is 29.6 Å². The van der Waals surface area contributed by atoms with Gasteiger partial charge in [-0.25, -0.2) is 9.59 Å². The van der Waals surface area contributed by atoms with Crippen LogP contribution in [-0.2, 0) is 19.1 Å². The molecule has 1 saturated heterocycles. The first-order chi connectivity index (χ1) is 16.9. The number of nitrogens with zero attached hydrogens (tertiary/aromatic N) is 1. The minimum absolute atomic E-state index is 0.0326. The Morgan fingerprint density at radius 1 is 1.11 bits per heavy atom. The van der Waals surface area contributed by atoms with Crippen LogP contribution >= 0.6 is 0 Å². The van der Waals surface area contributed by atoms with Gasteiger partial charge in [0.05, 0.1) is 0 Å². The van der Waals surface area contributed by atoms with Crippen LogP contribution in [0.4, 0.5) is 4.79 Å². The first kappa shape index (κ1) is 24.7. The van der Waals surface area contributed by atoms with Crippen molar-refractivity contribution >= 4 is 18.0 Å². The van der Waals surface area contributed by atoms with Gasteiger partial charge in [0.1, 0.15) is 18.2 Å². The van der Waals surface area contributed by atoms with Crippen LogP contribution in [0.1, 0.15) is 49.7 Å². The maximum absolute atomic E-state index is 13.1. The van der Waals surface area contributed by atoms with Gasteiger partial charge >= 0.3 is 12.1 Å². The molecule has 8 heteroatoms. The third kappa shape index (κ3) is 4.62. The summed E-state index contributed by atoms with van der Waals surface area (Å²) in [7, 11) is 1.42. The highest BCUT2D eigenvalue weighted by molar-refractivity contribution is 5.90. The van der Waals surface area contributed by atoms with Crippen LogP contribution in [0, 0.1) is 0 Å². The Morgan fingerprint density at radius 2 is 1.74 bits per heavy atom. The average molecular weight is 481 g/mol. The van der Waals surface area contributed by atoms with Gasteiger partial charge in [0.25, 0.3) is 5.91 Å². The van der Waals surface area contributed by atoms with Gasteiger partial charge in [0.2, 0.25) is 0 Å². The summed E-state index contributed by atoms with van der Waals surface area (Å²) in [5, 5.41) is 12.4. The van der Waals surface area contributed by atoms with E-state index in [1.807, 2.05) is 24.3 Å². The fourth-order valence-electron chi connectivity index (χ4n) is 5.41. The van der Waals surface area contributed by atoms with Crippen molar-refractivity contribution in [1.29, 1.82) is 0 Å². The second-order valence-corrected chi connectivity index (χ2v) is 9.05. The Balaban J connectivity index is 1.31. The zero-order valence-corrected chi connectivity index (χ0v) is 20.2. The van der Waals surface area contributed by atoms with Gasteiger partial charge in [-0.1, -0.05) is 55.5 Å². The Hall–Kier alpha value is -3.39. The van der Waals surface area contributed by atoms with Crippen LogP contribution in [0.3, 0.4) is 0 Å². The van der Waals surface area contributed by atoms with E-state index in [0.717, 1.165) is 22.3 Å². The van der Waals surface area contributed by atoms with Crippen molar-refractivity contribution < 1.29 is 29.0 Å². The van der Waals surface area contributed by atoms with E-state index in [9.17, 15) is 19.5 Å². The highest BCUT2D eigenvalue weighted by Crippen LogP contribution is 2.44. The number of benzene rings is 2. The third-order valence-electron chi connectivity index (χ3n) is 7.32. The predicted molar refractivity (Wildman–Crippen MR) is 130 cm³/mol. The zero-order chi connectivity index (χ0) is 25.0. The molecule has 2 atom stereocenters. The van der Waals surface area contributed by atoms with Gasteiger partial charge in [0.15, 0.2) is 0 Å². The number of carboxylic acids is 1. The molecule has 4 rings (SSSR count). The lowest BCUT2D eigenvalue weighted by atomic mass is 9.92. The molecule has 2 aromatic rings. The molecule has 0 spiro atoms. The SMILES string of the molecule is CCC1(C(=O)O)CCCN1C(=O)C(CCNC(=O)OCC1c2ccccc2-c2ccccc21)OC. The molecule has 0 radical (unpaired) electrons. The van der Waals surface area contributed by atoms with Crippen molar-refractivity contribution in [2.24, 2.45) is 0 Å². The lowest BCUT2D eigenvalue weighted by Crippen LogP contribution is -2.55. The number of rotatable bonds is 9. The minimum Gasteiger partial charge on any atom is -0.479 e. The first-order valence-electron chi connectivity index (χ1n) is 12.1. The molecule has 1 aliphatic heterocycles. The van der Waals surface area contributed by atoms with Crippen molar-refractivity contribution in [3.8, 4) is 11.1 Å². The van der Waals surface area contributed by atoms with E-state index in [0.29, 0.717) is 25.8 Å². The van der Waals surface area contributed by atoms with Crippen LogP contribution < -0.4 is 5.32 Å². The number of fused-ring (bicyclic) bond motifs is 3. The average Bonchev–Trinajstić information content (AvgIpc) is 3.45. The van der Waals surface area contributed by atoms with E-state index < -0.39 is 23.7 Å².